The van der Waals surface area contributed by atoms with Gasteiger partial charge in [-0.1, -0.05) is 6.07 Å². The minimum absolute atomic E-state index is 0.0823. The van der Waals surface area contributed by atoms with Crippen LogP contribution >= 0.6 is 11.3 Å². The molecule has 0 aliphatic carbocycles. The number of thiophene rings is 1. The molecule has 0 bridgehead atoms. The van der Waals surface area contributed by atoms with E-state index in [1.807, 2.05) is 17.5 Å². The maximum atomic E-state index is 11.8. The van der Waals surface area contributed by atoms with Gasteiger partial charge < -0.3 is 4.90 Å². The summed E-state index contributed by atoms with van der Waals surface area (Å²) in [5, 5.41) is 8.44. The summed E-state index contributed by atoms with van der Waals surface area (Å²) in [7, 11) is 1.76. The third kappa shape index (κ3) is 2.66. The average molecular weight is 236 g/mol. The van der Waals surface area contributed by atoms with Crippen molar-refractivity contribution in [3.05, 3.63) is 34.5 Å². The van der Waals surface area contributed by atoms with E-state index in [1.54, 1.807) is 23.3 Å². The number of nitrogens with one attached hydrogen (secondary N) is 1. The summed E-state index contributed by atoms with van der Waals surface area (Å²) in [5.74, 6) is 0.779. The van der Waals surface area contributed by atoms with E-state index in [0.29, 0.717) is 18.8 Å². The fraction of sp³-hybridized carbons (Fsp3) is 0.300. The minimum Gasteiger partial charge on any atom is -0.338 e. The van der Waals surface area contributed by atoms with Crippen molar-refractivity contribution in [3.8, 4) is 0 Å². The maximum absolute atomic E-state index is 11.8. The van der Waals surface area contributed by atoms with Crippen LogP contribution in [0.15, 0.2) is 23.8 Å². The monoisotopic (exact) mass is 236 g/mol. The highest BCUT2D eigenvalue weighted by Gasteiger charge is 2.11. The Morgan fingerprint density at radius 2 is 2.50 bits per heavy atom. The second-order valence-electron chi connectivity index (χ2n) is 3.44. The van der Waals surface area contributed by atoms with E-state index in [9.17, 15) is 4.79 Å². The van der Waals surface area contributed by atoms with E-state index in [2.05, 4.69) is 15.2 Å². The molecule has 0 spiro atoms. The SMILES string of the molecule is CN(Cc1ncn[nH]1)C(=O)Cc1cccs1. The molecule has 5 nitrogen and oxygen atoms in total. The summed E-state index contributed by atoms with van der Waals surface area (Å²) in [6, 6.07) is 3.91. The Morgan fingerprint density at radius 3 is 3.12 bits per heavy atom. The van der Waals surface area contributed by atoms with Crippen LogP contribution in [-0.2, 0) is 17.8 Å². The maximum Gasteiger partial charge on any atom is 0.227 e. The van der Waals surface area contributed by atoms with Crippen LogP contribution in [0.2, 0.25) is 0 Å². The van der Waals surface area contributed by atoms with Crippen LogP contribution in [0, 0.1) is 0 Å². The van der Waals surface area contributed by atoms with Crippen molar-refractivity contribution in [2.24, 2.45) is 0 Å². The van der Waals surface area contributed by atoms with E-state index in [0.717, 1.165) is 4.88 Å². The fourth-order valence-corrected chi connectivity index (χ4v) is 2.01. The van der Waals surface area contributed by atoms with Crippen LogP contribution in [0.5, 0.6) is 0 Å². The Balaban J connectivity index is 1.90. The van der Waals surface area contributed by atoms with E-state index in [1.165, 1.54) is 6.33 Å². The number of rotatable bonds is 4. The van der Waals surface area contributed by atoms with Gasteiger partial charge in [0.15, 0.2) is 0 Å². The van der Waals surface area contributed by atoms with E-state index < -0.39 is 0 Å². The Bertz CT molecular complexity index is 437. The number of amides is 1. The number of hydrogen-bond donors (Lipinski definition) is 1. The summed E-state index contributed by atoms with van der Waals surface area (Å²) >= 11 is 1.59. The molecule has 0 saturated heterocycles. The molecule has 6 heteroatoms. The van der Waals surface area contributed by atoms with E-state index in [4.69, 9.17) is 0 Å². The molecule has 0 radical (unpaired) electrons. The Hall–Kier alpha value is -1.69. The van der Waals surface area contributed by atoms with Gasteiger partial charge in [0.2, 0.25) is 5.91 Å². The molecule has 0 fully saturated rings. The normalized spacial score (nSPS) is 10.3. The molecule has 2 rings (SSSR count). The zero-order valence-corrected chi connectivity index (χ0v) is 9.70. The first kappa shape index (κ1) is 10.8. The second-order valence-corrected chi connectivity index (χ2v) is 4.47. The smallest absolute Gasteiger partial charge is 0.227 e. The van der Waals surface area contributed by atoms with Crippen molar-refractivity contribution >= 4 is 17.2 Å². The molecule has 0 aliphatic rings. The number of carbonyl (C=O) groups excluding carboxylic acids is 1. The third-order valence-corrected chi connectivity index (χ3v) is 3.06. The van der Waals surface area contributed by atoms with Crippen molar-refractivity contribution in [3.63, 3.8) is 0 Å². The lowest BCUT2D eigenvalue weighted by Crippen LogP contribution is -2.27. The number of aromatic amines is 1. The number of hydrogen-bond acceptors (Lipinski definition) is 4. The first-order valence-electron chi connectivity index (χ1n) is 4.86. The van der Waals surface area contributed by atoms with Gasteiger partial charge in [0.25, 0.3) is 0 Å². The molecular weight excluding hydrogens is 224 g/mol. The Kier molecular flexibility index (Phi) is 3.31. The minimum atomic E-state index is 0.0823. The zero-order chi connectivity index (χ0) is 11.4. The number of likely N-dealkylation sites (N-methyl/N-ethyl adjacent to an activating group) is 1. The topological polar surface area (TPSA) is 61.9 Å². The first-order chi connectivity index (χ1) is 7.75. The summed E-state index contributed by atoms with van der Waals surface area (Å²) in [6.45, 7) is 0.463. The molecular formula is C10H12N4OS. The van der Waals surface area contributed by atoms with Crippen LogP contribution < -0.4 is 0 Å². The van der Waals surface area contributed by atoms with Crippen LogP contribution in [0.3, 0.4) is 0 Å². The highest BCUT2D eigenvalue weighted by Crippen LogP contribution is 2.10. The van der Waals surface area contributed by atoms with Gasteiger partial charge >= 0.3 is 0 Å². The van der Waals surface area contributed by atoms with Crippen molar-refractivity contribution in [1.29, 1.82) is 0 Å². The zero-order valence-electron chi connectivity index (χ0n) is 8.88. The first-order valence-corrected chi connectivity index (χ1v) is 5.74. The van der Waals surface area contributed by atoms with Crippen molar-refractivity contribution in [1.82, 2.24) is 20.1 Å². The van der Waals surface area contributed by atoms with Crippen molar-refractivity contribution < 1.29 is 4.79 Å². The predicted molar refractivity (Wildman–Crippen MR) is 60.9 cm³/mol. The van der Waals surface area contributed by atoms with Crippen molar-refractivity contribution in [2.45, 2.75) is 13.0 Å². The average Bonchev–Trinajstić information content (AvgIpc) is 2.90. The van der Waals surface area contributed by atoms with E-state index in [-0.39, 0.29) is 5.91 Å². The van der Waals surface area contributed by atoms with Gasteiger partial charge in [-0.05, 0) is 11.4 Å². The number of nitrogens with zero attached hydrogens (tertiary/aromatic N) is 3. The van der Waals surface area contributed by atoms with Gasteiger partial charge in [-0.25, -0.2) is 4.98 Å². The highest BCUT2D eigenvalue weighted by molar-refractivity contribution is 7.10. The highest BCUT2D eigenvalue weighted by atomic mass is 32.1. The van der Waals surface area contributed by atoms with E-state index >= 15 is 0 Å². The number of carbonyl (C=O) groups is 1. The Labute approximate surface area is 97.1 Å². The summed E-state index contributed by atoms with van der Waals surface area (Å²) in [6.07, 6.45) is 1.88. The van der Waals surface area contributed by atoms with Crippen LogP contribution in [0.1, 0.15) is 10.7 Å². The number of aromatic nitrogens is 3. The van der Waals surface area contributed by atoms with Gasteiger partial charge in [-0.3, -0.25) is 9.89 Å². The predicted octanol–water partition coefficient (Wildman–Crippen LogP) is 1.07. The van der Waals surface area contributed by atoms with Gasteiger partial charge in [0, 0.05) is 11.9 Å². The molecule has 0 saturated carbocycles. The summed E-state index contributed by atoms with van der Waals surface area (Å²) < 4.78 is 0. The molecule has 84 valence electrons. The van der Waals surface area contributed by atoms with Gasteiger partial charge in [0.05, 0.1) is 13.0 Å². The third-order valence-electron chi connectivity index (χ3n) is 2.18. The van der Waals surface area contributed by atoms with Gasteiger partial charge in [0.1, 0.15) is 12.2 Å². The molecule has 2 aromatic heterocycles. The van der Waals surface area contributed by atoms with Crippen LogP contribution in [0.25, 0.3) is 0 Å². The second kappa shape index (κ2) is 4.89. The van der Waals surface area contributed by atoms with Gasteiger partial charge in [-0.2, -0.15) is 5.10 Å². The van der Waals surface area contributed by atoms with Gasteiger partial charge in [-0.15, -0.1) is 11.3 Å². The molecule has 0 unspecified atom stereocenters. The lowest BCUT2D eigenvalue weighted by molar-refractivity contribution is -0.129. The largest absolute Gasteiger partial charge is 0.338 e. The number of H-pyrrole nitrogens is 1. The molecule has 2 heterocycles. The lowest BCUT2D eigenvalue weighted by atomic mass is 10.3. The Morgan fingerprint density at radius 1 is 1.62 bits per heavy atom. The molecule has 1 N–H and O–H groups in total. The molecule has 0 aliphatic heterocycles. The summed E-state index contributed by atoms with van der Waals surface area (Å²) in [4.78, 5) is 18.5. The lowest BCUT2D eigenvalue weighted by Gasteiger charge is -2.14. The summed E-state index contributed by atoms with van der Waals surface area (Å²) in [5.41, 5.74) is 0. The van der Waals surface area contributed by atoms with Crippen LogP contribution in [0.4, 0.5) is 0 Å². The standard InChI is InChI=1S/C10H12N4OS/c1-14(6-9-11-7-12-13-9)10(15)5-8-3-2-4-16-8/h2-4,7H,5-6H2,1H3,(H,11,12,13). The van der Waals surface area contributed by atoms with Crippen molar-refractivity contribution in [2.75, 3.05) is 7.05 Å². The molecule has 0 atom stereocenters. The van der Waals surface area contributed by atoms with Crippen LogP contribution in [-0.4, -0.2) is 33.0 Å². The molecule has 16 heavy (non-hydrogen) atoms. The molecule has 2 aromatic rings. The quantitative estimate of drug-likeness (QED) is 0.863. The molecule has 0 aromatic carbocycles. The molecule has 1 amide bonds. The fourth-order valence-electron chi connectivity index (χ4n) is 1.32.